The van der Waals surface area contributed by atoms with E-state index in [0.717, 1.165) is 32.7 Å². The maximum atomic E-state index is 10.1. The minimum atomic E-state index is -2.40. The second-order valence-electron chi connectivity index (χ2n) is 3.43. The zero-order valence-electron chi connectivity index (χ0n) is 8.63. The number of aliphatic hydroxyl groups excluding tert-OH is 1. The normalized spacial score (nSPS) is 21.7. The van der Waals surface area contributed by atoms with Crippen molar-refractivity contribution >= 4 is 11.4 Å². The lowest BCUT2D eigenvalue weighted by Gasteiger charge is -2.34. The predicted octanol–water partition coefficient (Wildman–Crippen LogP) is -1.59. The van der Waals surface area contributed by atoms with E-state index in [1.54, 1.807) is 0 Å². The van der Waals surface area contributed by atoms with E-state index in [2.05, 4.69) is 14.0 Å². The van der Waals surface area contributed by atoms with Gasteiger partial charge in [0.05, 0.1) is 24.6 Å². The van der Waals surface area contributed by atoms with E-state index in [0.29, 0.717) is 6.54 Å². The summed E-state index contributed by atoms with van der Waals surface area (Å²) in [6.07, 6.45) is 0. The molecular weight excluding hydrogens is 220 g/mol. The first-order chi connectivity index (χ1) is 7.22. The number of nitrogens with zero attached hydrogens (tertiary/aromatic N) is 2. The van der Waals surface area contributed by atoms with Crippen molar-refractivity contribution in [2.75, 3.05) is 52.5 Å². The van der Waals surface area contributed by atoms with Gasteiger partial charge in [-0.1, -0.05) is 0 Å². The Morgan fingerprint density at radius 2 is 1.73 bits per heavy atom. The van der Waals surface area contributed by atoms with Gasteiger partial charge >= 0.3 is 0 Å². The summed E-state index contributed by atoms with van der Waals surface area (Å²) in [5.74, 6) is 0. The minimum absolute atomic E-state index is 0.193. The molecule has 0 amide bonds. The van der Waals surface area contributed by atoms with Crippen LogP contribution in [-0.4, -0.2) is 76.2 Å². The number of piperazine rings is 1. The molecule has 1 saturated heterocycles. The Bertz CT molecular complexity index is 197. The van der Waals surface area contributed by atoms with Crippen LogP contribution in [0.5, 0.6) is 0 Å². The summed E-state index contributed by atoms with van der Waals surface area (Å²) in [4.78, 5) is 4.34. The molecule has 0 aliphatic carbocycles. The highest BCUT2D eigenvalue weighted by molar-refractivity contribution is 7.74. The maximum absolute atomic E-state index is 10.1. The summed E-state index contributed by atoms with van der Waals surface area (Å²) in [6, 6.07) is 0. The van der Waals surface area contributed by atoms with E-state index in [-0.39, 0.29) is 13.2 Å². The number of hydrogen-bond acceptors (Lipinski definition) is 6. The largest absolute Gasteiger partial charge is 0.750 e. The highest BCUT2D eigenvalue weighted by atomic mass is 32.2. The summed E-state index contributed by atoms with van der Waals surface area (Å²) < 4.78 is 24.6. The van der Waals surface area contributed by atoms with E-state index in [1.165, 1.54) is 0 Å². The number of β-amino-alcohol motifs (C(OH)–C–C–N with tert-alkyl or cyclic N) is 1. The van der Waals surface area contributed by atoms with Gasteiger partial charge in [0.25, 0.3) is 0 Å². The average Bonchev–Trinajstić information content (AvgIpc) is 2.20. The molecule has 15 heavy (non-hydrogen) atoms. The molecule has 7 heteroatoms. The Morgan fingerprint density at radius 3 is 2.20 bits per heavy atom. The summed E-state index contributed by atoms with van der Waals surface area (Å²) >= 11 is -2.40. The minimum Gasteiger partial charge on any atom is -0.750 e. The zero-order chi connectivity index (χ0) is 11.1. The predicted molar refractivity (Wildman–Crippen MR) is 54.8 cm³/mol. The smallest absolute Gasteiger partial charge is 0.0842 e. The highest BCUT2D eigenvalue weighted by Gasteiger charge is 2.15. The molecule has 1 aliphatic rings. The van der Waals surface area contributed by atoms with Crippen molar-refractivity contribution in [2.45, 2.75) is 0 Å². The topological polar surface area (TPSA) is 76.1 Å². The van der Waals surface area contributed by atoms with Crippen LogP contribution < -0.4 is 0 Å². The number of aliphatic hydroxyl groups is 1. The standard InChI is InChI=1S/C8H18N2O4S/c11-7-5-9-1-3-10(4-2-9)6-8-14-15(12)13/h11H,1-8H2,(H,12,13)/p-1. The van der Waals surface area contributed by atoms with Crippen molar-refractivity contribution in [3.05, 3.63) is 0 Å². The van der Waals surface area contributed by atoms with Crippen LogP contribution in [0.25, 0.3) is 0 Å². The fraction of sp³-hybridized carbons (Fsp3) is 1.00. The molecule has 1 atom stereocenters. The van der Waals surface area contributed by atoms with Crippen LogP contribution in [0, 0.1) is 0 Å². The van der Waals surface area contributed by atoms with E-state index >= 15 is 0 Å². The lowest BCUT2D eigenvalue weighted by molar-refractivity contribution is 0.102. The molecule has 0 radical (unpaired) electrons. The molecule has 0 saturated carbocycles. The van der Waals surface area contributed by atoms with Gasteiger partial charge in [0.1, 0.15) is 0 Å². The van der Waals surface area contributed by atoms with Crippen molar-refractivity contribution < 1.29 is 18.1 Å². The molecule has 0 aromatic carbocycles. The Balaban J connectivity index is 2.06. The Labute approximate surface area is 92.3 Å². The fourth-order valence-electron chi connectivity index (χ4n) is 1.61. The van der Waals surface area contributed by atoms with Gasteiger partial charge in [-0.15, -0.1) is 0 Å². The first-order valence-electron chi connectivity index (χ1n) is 5.00. The van der Waals surface area contributed by atoms with Crippen molar-refractivity contribution in [2.24, 2.45) is 0 Å². The molecule has 1 fully saturated rings. The van der Waals surface area contributed by atoms with Crippen LogP contribution in [-0.2, 0) is 15.5 Å². The molecule has 0 aromatic heterocycles. The van der Waals surface area contributed by atoms with Crippen molar-refractivity contribution in [3.63, 3.8) is 0 Å². The third-order valence-electron chi connectivity index (χ3n) is 2.47. The molecule has 0 aromatic rings. The quantitative estimate of drug-likeness (QED) is 0.561. The van der Waals surface area contributed by atoms with Gasteiger partial charge in [0, 0.05) is 39.3 Å². The van der Waals surface area contributed by atoms with E-state index < -0.39 is 11.4 Å². The Hall–Kier alpha value is -0.0500. The average molecular weight is 237 g/mol. The molecule has 1 aliphatic heterocycles. The van der Waals surface area contributed by atoms with Gasteiger partial charge in [-0.05, 0) is 0 Å². The second-order valence-corrected chi connectivity index (χ2v) is 4.08. The Kier molecular flexibility index (Phi) is 6.30. The third-order valence-corrected chi connectivity index (χ3v) is 2.83. The fourth-order valence-corrected chi connectivity index (χ4v) is 1.82. The molecule has 1 N–H and O–H groups in total. The van der Waals surface area contributed by atoms with Crippen LogP contribution in [0.3, 0.4) is 0 Å². The van der Waals surface area contributed by atoms with E-state index in [9.17, 15) is 8.76 Å². The molecule has 6 nitrogen and oxygen atoms in total. The number of hydrogen-bond donors (Lipinski definition) is 1. The van der Waals surface area contributed by atoms with Gasteiger partial charge in [0.15, 0.2) is 0 Å². The highest BCUT2D eigenvalue weighted by Crippen LogP contribution is 2.00. The molecule has 1 unspecified atom stereocenters. The van der Waals surface area contributed by atoms with Crippen LogP contribution in [0.1, 0.15) is 0 Å². The van der Waals surface area contributed by atoms with Crippen molar-refractivity contribution in [1.82, 2.24) is 9.80 Å². The Morgan fingerprint density at radius 1 is 1.20 bits per heavy atom. The molecule has 1 heterocycles. The summed E-state index contributed by atoms with van der Waals surface area (Å²) in [5.41, 5.74) is 0. The van der Waals surface area contributed by atoms with Crippen LogP contribution >= 0.6 is 0 Å². The van der Waals surface area contributed by atoms with Gasteiger partial charge in [0.2, 0.25) is 0 Å². The molecule has 0 spiro atoms. The van der Waals surface area contributed by atoms with Crippen molar-refractivity contribution in [1.29, 1.82) is 0 Å². The summed E-state index contributed by atoms with van der Waals surface area (Å²) in [5, 5.41) is 8.74. The summed E-state index contributed by atoms with van der Waals surface area (Å²) in [6.45, 7) is 5.40. The van der Waals surface area contributed by atoms with Crippen LogP contribution in [0.4, 0.5) is 0 Å². The van der Waals surface area contributed by atoms with Crippen LogP contribution in [0.2, 0.25) is 0 Å². The molecule has 1 rings (SSSR count). The maximum Gasteiger partial charge on any atom is 0.0842 e. The summed E-state index contributed by atoms with van der Waals surface area (Å²) in [7, 11) is 0. The van der Waals surface area contributed by atoms with Crippen molar-refractivity contribution in [3.8, 4) is 0 Å². The first kappa shape index (κ1) is 13.0. The van der Waals surface area contributed by atoms with Gasteiger partial charge in [-0.2, -0.15) is 0 Å². The zero-order valence-corrected chi connectivity index (χ0v) is 9.45. The first-order valence-corrected chi connectivity index (χ1v) is 6.00. The number of rotatable bonds is 6. The third kappa shape index (κ3) is 5.55. The van der Waals surface area contributed by atoms with Gasteiger partial charge in [-0.25, -0.2) is 4.21 Å². The lowest BCUT2D eigenvalue weighted by Crippen LogP contribution is -2.47. The molecule has 0 bridgehead atoms. The lowest BCUT2D eigenvalue weighted by atomic mass is 10.3. The SMILES string of the molecule is O=S([O-])OCCN1CCN(CCO)CC1. The van der Waals surface area contributed by atoms with Gasteiger partial charge < -0.3 is 9.66 Å². The molecule has 90 valence electrons. The van der Waals surface area contributed by atoms with E-state index in [1.807, 2.05) is 0 Å². The van der Waals surface area contributed by atoms with Gasteiger partial charge in [-0.3, -0.25) is 14.0 Å². The monoisotopic (exact) mass is 237 g/mol. The van der Waals surface area contributed by atoms with E-state index in [4.69, 9.17) is 5.11 Å². The molecular formula is C8H17N2O4S-. The van der Waals surface area contributed by atoms with Crippen LogP contribution in [0.15, 0.2) is 0 Å². The second kappa shape index (κ2) is 7.26.